The first-order valence-electron chi connectivity index (χ1n) is 10.5. The number of imide groups is 1. The molecule has 0 bridgehead atoms. The molecule has 2 aliphatic heterocycles. The molecule has 0 N–H and O–H groups in total. The predicted molar refractivity (Wildman–Crippen MR) is 131 cm³/mol. The van der Waals surface area contributed by atoms with Gasteiger partial charge in [-0.1, -0.05) is 28.1 Å². The Balaban J connectivity index is 1.48. The maximum atomic E-state index is 12.8. The molecule has 2 fully saturated rings. The van der Waals surface area contributed by atoms with Crippen LogP contribution in [0.4, 0.5) is 4.79 Å². The van der Waals surface area contributed by atoms with Gasteiger partial charge >= 0.3 is 5.97 Å². The van der Waals surface area contributed by atoms with E-state index in [2.05, 4.69) is 15.9 Å². The molecule has 2 saturated heterocycles. The van der Waals surface area contributed by atoms with E-state index < -0.39 is 17.1 Å². The third-order valence-electron chi connectivity index (χ3n) is 5.37. The van der Waals surface area contributed by atoms with Crippen molar-refractivity contribution in [3.63, 3.8) is 0 Å². The van der Waals surface area contributed by atoms with Gasteiger partial charge in [-0.05, 0) is 66.6 Å². The lowest BCUT2D eigenvalue weighted by Crippen LogP contribution is -2.40. The molecule has 0 saturated carbocycles. The fourth-order valence-corrected chi connectivity index (χ4v) is 4.86. The molecular weight excluding hydrogens is 524 g/mol. The van der Waals surface area contributed by atoms with Crippen LogP contribution in [-0.2, 0) is 9.59 Å². The summed E-state index contributed by atoms with van der Waals surface area (Å²) in [4.78, 5) is 52.8. The maximum absolute atomic E-state index is 12.8. The normalized spacial score (nSPS) is 16.9. The molecule has 8 nitrogen and oxygen atoms in total. The highest BCUT2D eigenvalue weighted by Gasteiger charge is 2.37. The second-order valence-electron chi connectivity index (χ2n) is 7.67. The molecule has 2 aromatic rings. The predicted octanol–water partition coefficient (Wildman–Crippen LogP) is 4.34. The second kappa shape index (κ2) is 10.4. The number of halogens is 1. The molecule has 3 amide bonds. The number of methoxy groups -OCH3 is 1. The lowest BCUT2D eigenvalue weighted by atomic mass is 10.1. The van der Waals surface area contributed by atoms with Crippen LogP contribution in [0.1, 0.15) is 28.8 Å². The highest BCUT2D eigenvalue weighted by Crippen LogP contribution is 2.35. The number of rotatable bonds is 6. The SMILES string of the molecule is COc1cc(/C=C2\SC(=O)N(CC(=O)N3CCCC3)C2=O)ccc1OC(=O)c1cccc(Br)c1. The van der Waals surface area contributed by atoms with Crippen molar-refractivity contribution in [3.05, 3.63) is 63.0 Å². The van der Waals surface area contributed by atoms with E-state index in [1.165, 1.54) is 7.11 Å². The summed E-state index contributed by atoms with van der Waals surface area (Å²) in [7, 11) is 1.44. The molecule has 10 heteroatoms. The van der Waals surface area contributed by atoms with Crippen LogP contribution in [0.5, 0.6) is 11.5 Å². The summed E-state index contributed by atoms with van der Waals surface area (Å²) in [6.45, 7) is 1.06. The van der Waals surface area contributed by atoms with E-state index in [0.29, 0.717) is 30.0 Å². The summed E-state index contributed by atoms with van der Waals surface area (Å²) in [5.74, 6) is -0.767. The number of amides is 3. The summed E-state index contributed by atoms with van der Waals surface area (Å²) >= 11 is 4.11. The van der Waals surface area contributed by atoms with E-state index in [1.54, 1.807) is 53.4 Å². The zero-order valence-corrected chi connectivity index (χ0v) is 20.7. The molecule has 0 atom stereocenters. The molecule has 34 heavy (non-hydrogen) atoms. The van der Waals surface area contributed by atoms with Gasteiger partial charge in [0.1, 0.15) is 6.54 Å². The maximum Gasteiger partial charge on any atom is 0.343 e. The zero-order chi connectivity index (χ0) is 24.2. The van der Waals surface area contributed by atoms with Crippen molar-refractivity contribution in [2.45, 2.75) is 12.8 Å². The van der Waals surface area contributed by atoms with Crippen molar-refractivity contribution in [1.29, 1.82) is 0 Å². The fraction of sp³-hybridized carbons (Fsp3) is 0.250. The quantitative estimate of drug-likeness (QED) is 0.303. The van der Waals surface area contributed by atoms with Gasteiger partial charge in [0.2, 0.25) is 5.91 Å². The minimum Gasteiger partial charge on any atom is -0.493 e. The molecule has 0 spiro atoms. The van der Waals surface area contributed by atoms with Crippen molar-refractivity contribution in [1.82, 2.24) is 9.80 Å². The van der Waals surface area contributed by atoms with E-state index in [-0.39, 0.29) is 23.1 Å². The van der Waals surface area contributed by atoms with E-state index in [9.17, 15) is 19.2 Å². The fourth-order valence-electron chi connectivity index (χ4n) is 3.62. The Morgan fingerprint density at radius 2 is 1.85 bits per heavy atom. The van der Waals surface area contributed by atoms with Crippen molar-refractivity contribution in [3.8, 4) is 11.5 Å². The van der Waals surface area contributed by atoms with Gasteiger partial charge in [0, 0.05) is 17.6 Å². The second-order valence-corrected chi connectivity index (χ2v) is 9.57. The number of benzene rings is 2. The van der Waals surface area contributed by atoms with Crippen LogP contribution in [0.25, 0.3) is 6.08 Å². The molecule has 0 radical (unpaired) electrons. The highest BCUT2D eigenvalue weighted by atomic mass is 79.9. The smallest absolute Gasteiger partial charge is 0.343 e. The minimum absolute atomic E-state index is 0.208. The van der Waals surface area contributed by atoms with Gasteiger partial charge in [-0.3, -0.25) is 19.3 Å². The van der Waals surface area contributed by atoms with Gasteiger partial charge in [-0.25, -0.2) is 4.79 Å². The summed E-state index contributed by atoms with van der Waals surface area (Å²) in [5, 5.41) is -0.477. The molecule has 4 rings (SSSR count). The Labute approximate surface area is 209 Å². The van der Waals surface area contributed by atoms with Crippen LogP contribution in [0.3, 0.4) is 0 Å². The van der Waals surface area contributed by atoms with Gasteiger partial charge in [-0.2, -0.15) is 0 Å². The highest BCUT2D eigenvalue weighted by molar-refractivity contribution is 9.10. The van der Waals surface area contributed by atoms with Gasteiger partial charge in [0.25, 0.3) is 11.1 Å². The first-order valence-corrected chi connectivity index (χ1v) is 12.2. The lowest BCUT2D eigenvalue weighted by molar-refractivity contribution is -0.135. The Morgan fingerprint density at radius 3 is 2.56 bits per heavy atom. The average molecular weight is 545 g/mol. The molecule has 2 heterocycles. The number of hydrogen-bond donors (Lipinski definition) is 0. The van der Waals surface area contributed by atoms with Crippen molar-refractivity contribution in [2.75, 3.05) is 26.7 Å². The molecule has 2 aromatic carbocycles. The first-order chi connectivity index (χ1) is 16.4. The topological polar surface area (TPSA) is 93.2 Å². The van der Waals surface area contributed by atoms with E-state index in [0.717, 1.165) is 34.0 Å². The standard InChI is InChI=1S/C24H21BrN2O6S/c1-32-19-11-15(7-8-18(19)33-23(30)16-5-4-6-17(25)13-16)12-20-22(29)27(24(31)34-20)14-21(28)26-9-2-3-10-26/h4-8,11-13H,2-3,9-10,14H2,1H3/b20-12-. The van der Waals surface area contributed by atoms with Crippen LogP contribution >= 0.6 is 27.7 Å². The molecule has 176 valence electrons. The van der Waals surface area contributed by atoms with Crippen LogP contribution in [0.2, 0.25) is 0 Å². The molecular formula is C24H21BrN2O6S. The monoisotopic (exact) mass is 544 g/mol. The van der Waals surface area contributed by atoms with E-state index >= 15 is 0 Å². The summed E-state index contributed by atoms with van der Waals surface area (Å²) in [5.41, 5.74) is 0.952. The van der Waals surface area contributed by atoms with Crippen molar-refractivity contribution < 1.29 is 28.7 Å². The first kappa shape index (κ1) is 24.0. The number of esters is 1. The largest absolute Gasteiger partial charge is 0.493 e. The van der Waals surface area contributed by atoms with Crippen LogP contribution in [-0.4, -0.2) is 59.6 Å². The van der Waals surface area contributed by atoms with E-state index in [1.807, 2.05) is 0 Å². The summed E-state index contributed by atoms with van der Waals surface area (Å²) in [6, 6.07) is 11.6. The Kier molecular flexibility index (Phi) is 7.38. The van der Waals surface area contributed by atoms with Crippen LogP contribution in [0.15, 0.2) is 51.8 Å². The van der Waals surface area contributed by atoms with Crippen LogP contribution in [0, 0.1) is 0 Å². The number of ether oxygens (including phenoxy) is 2. The number of carbonyl (C=O) groups excluding carboxylic acids is 4. The zero-order valence-electron chi connectivity index (χ0n) is 18.3. The molecule has 0 aromatic heterocycles. The average Bonchev–Trinajstić information content (AvgIpc) is 3.45. The molecule has 2 aliphatic rings. The van der Waals surface area contributed by atoms with Crippen molar-refractivity contribution >= 4 is 56.8 Å². The number of hydrogen-bond acceptors (Lipinski definition) is 7. The Hall–Kier alpha value is -3.11. The van der Waals surface area contributed by atoms with E-state index in [4.69, 9.17) is 9.47 Å². The molecule has 0 aliphatic carbocycles. The lowest BCUT2D eigenvalue weighted by Gasteiger charge is -2.18. The minimum atomic E-state index is -0.545. The third-order valence-corrected chi connectivity index (χ3v) is 6.77. The van der Waals surface area contributed by atoms with Crippen molar-refractivity contribution in [2.24, 2.45) is 0 Å². The number of thioether (sulfide) groups is 1. The Bertz CT molecular complexity index is 1190. The number of nitrogens with zero attached hydrogens (tertiary/aromatic N) is 2. The third kappa shape index (κ3) is 5.34. The van der Waals surface area contributed by atoms with Gasteiger partial charge < -0.3 is 14.4 Å². The van der Waals surface area contributed by atoms with Gasteiger partial charge in [-0.15, -0.1) is 0 Å². The number of likely N-dealkylation sites (tertiary alicyclic amines) is 1. The van der Waals surface area contributed by atoms with Gasteiger partial charge in [0.05, 0.1) is 17.6 Å². The Morgan fingerprint density at radius 1 is 1.09 bits per heavy atom. The van der Waals surface area contributed by atoms with Crippen LogP contribution < -0.4 is 9.47 Å². The molecule has 0 unspecified atom stereocenters. The van der Waals surface area contributed by atoms with Gasteiger partial charge in [0.15, 0.2) is 11.5 Å². The summed E-state index contributed by atoms with van der Waals surface area (Å²) < 4.78 is 11.6. The summed E-state index contributed by atoms with van der Waals surface area (Å²) in [6.07, 6.45) is 3.42. The number of carbonyl (C=O) groups is 4.